The molecule has 1 heterocycles. The molecule has 1 aliphatic rings. The summed E-state index contributed by atoms with van der Waals surface area (Å²) < 4.78 is 0. The summed E-state index contributed by atoms with van der Waals surface area (Å²) in [7, 11) is 0. The largest absolute Gasteiger partial charge is 1.00 e. The number of nitrogens with one attached hydrogen (secondary N) is 1. The molecule has 9 nitrogen and oxygen atoms in total. The summed E-state index contributed by atoms with van der Waals surface area (Å²) >= 11 is 0. The van der Waals surface area contributed by atoms with Crippen LogP contribution in [0.25, 0.3) is 0 Å². The first-order valence-electron chi connectivity index (χ1n) is 8.26. The number of carboxylic acid groups (broad SMARTS) is 1. The molecule has 0 radical (unpaired) electrons. The molecule has 1 aliphatic heterocycles. The van der Waals surface area contributed by atoms with Gasteiger partial charge in [0.15, 0.2) is 0 Å². The molecule has 3 amide bonds. The van der Waals surface area contributed by atoms with Gasteiger partial charge < -0.3 is 16.3 Å². The van der Waals surface area contributed by atoms with Crippen LogP contribution in [0.4, 0.5) is 16.2 Å². The molecule has 3 rings (SSSR count). The molecule has 0 unspecified atom stereocenters. The van der Waals surface area contributed by atoms with Crippen LogP contribution in [0.15, 0.2) is 48.5 Å². The summed E-state index contributed by atoms with van der Waals surface area (Å²) in [5.41, 5.74) is 7.75. The van der Waals surface area contributed by atoms with Crippen LogP contribution in [0.1, 0.15) is 17.5 Å². The standard InChI is InChI=1S/C19H18N4O4.Li.H2O/c20-18(21)13-4-8-14(9-5-13)22-11-16(24)23(19(22)27)15-6-1-12(2-7-15)3-10-17(25)26;;/h1-2,4-9H,3,10-11H2,(H3,20,21)(H,25,26);;1H2/q;+1;/p-1. The number of carbonyl (C=O) groups excluding carboxylic acids is 2. The number of carbonyl (C=O) groups is 3. The monoisotopic (exact) mass is 390 g/mol. The normalized spacial score (nSPS) is 13.0. The van der Waals surface area contributed by atoms with E-state index >= 15 is 0 Å². The number of nitrogens with zero attached hydrogens (tertiary/aromatic N) is 2. The number of carboxylic acids is 1. The summed E-state index contributed by atoms with van der Waals surface area (Å²) in [5.74, 6) is -1.31. The molecule has 5 N–H and O–H groups in total. The van der Waals surface area contributed by atoms with E-state index in [1.165, 1.54) is 4.90 Å². The van der Waals surface area contributed by atoms with Crippen molar-refractivity contribution >= 4 is 35.1 Å². The fraction of sp³-hybridized carbons (Fsp3) is 0.158. The predicted octanol–water partition coefficient (Wildman–Crippen LogP) is -1.21. The number of hydrogen-bond donors (Lipinski definition) is 3. The molecule has 2 aromatic rings. The Morgan fingerprint density at radius 3 is 2.10 bits per heavy atom. The van der Waals surface area contributed by atoms with Gasteiger partial charge in [0, 0.05) is 17.7 Å². The molecule has 1 saturated heterocycles. The van der Waals surface area contributed by atoms with Crippen molar-refractivity contribution in [1.82, 2.24) is 0 Å². The number of rotatable bonds is 6. The predicted molar refractivity (Wildman–Crippen MR) is 102 cm³/mol. The van der Waals surface area contributed by atoms with Crippen molar-refractivity contribution in [2.24, 2.45) is 5.73 Å². The quantitative estimate of drug-likeness (QED) is 0.243. The fourth-order valence-corrected chi connectivity index (χ4v) is 2.84. The van der Waals surface area contributed by atoms with E-state index < -0.39 is 12.0 Å². The number of benzene rings is 2. The average Bonchev–Trinajstić information content (AvgIpc) is 2.95. The van der Waals surface area contributed by atoms with E-state index in [-0.39, 0.29) is 49.0 Å². The second kappa shape index (κ2) is 9.89. The van der Waals surface area contributed by atoms with Gasteiger partial charge in [0.2, 0.25) is 0 Å². The molecule has 0 atom stereocenters. The Morgan fingerprint density at radius 1 is 1.03 bits per heavy atom. The van der Waals surface area contributed by atoms with E-state index in [2.05, 4.69) is 0 Å². The number of aliphatic carboxylic acids is 1. The SMILES string of the molecule is N=C(N)c1ccc(N2CC(=O)N(c3ccc(CCC(=O)O)cc3)C2=O)cc1.[Li+].[OH-]. The van der Waals surface area contributed by atoms with E-state index in [1.807, 2.05) is 0 Å². The molecule has 29 heavy (non-hydrogen) atoms. The van der Waals surface area contributed by atoms with Crippen LogP contribution in [-0.4, -0.2) is 40.9 Å². The van der Waals surface area contributed by atoms with Gasteiger partial charge in [-0.25, -0.2) is 9.69 Å². The van der Waals surface area contributed by atoms with Gasteiger partial charge in [-0.05, 0) is 48.4 Å². The van der Waals surface area contributed by atoms with Gasteiger partial charge in [-0.2, -0.15) is 0 Å². The molecule has 0 bridgehead atoms. The zero-order valence-electron chi connectivity index (χ0n) is 15.8. The molecular formula is C19H19LiN4O5. The molecule has 2 aromatic carbocycles. The molecule has 0 spiro atoms. The number of nitrogens with two attached hydrogens (primary N) is 1. The molecule has 10 heteroatoms. The third kappa shape index (κ3) is 5.23. The second-order valence-electron chi connectivity index (χ2n) is 6.12. The number of imide groups is 1. The van der Waals surface area contributed by atoms with E-state index in [9.17, 15) is 14.4 Å². The van der Waals surface area contributed by atoms with Gasteiger partial charge >= 0.3 is 30.9 Å². The first-order valence-corrected chi connectivity index (χ1v) is 8.26. The van der Waals surface area contributed by atoms with Crippen molar-refractivity contribution in [1.29, 1.82) is 5.41 Å². The van der Waals surface area contributed by atoms with E-state index in [0.717, 1.165) is 10.5 Å². The van der Waals surface area contributed by atoms with E-state index in [1.54, 1.807) is 48.5 Å². The zero-order chi connectivity index (χ0) is 19.6. The number of aryl methyl sites for hydroxylation is 1. The number of amides is 3. The molecular weight excluding hydrogens is 371 g/mol. The maximum Gasteiger partial charge on any atom is 1.00 e. The number of urea groups is 1. The number of amidine groups is 1. The Morgan fingerprint density at radius 2 is 1.59 bits per heavy atom. The van der Waals surface area contributed by atoms with Crippen LogP contribution in [0.5, 0.6) is 0 Å². The molecule has 0 aromatic heterocycles. The van der Waals surface area contributed by atoms with Gasteiger partial charge in [-0.3, -0.25) is 19.9 Å². The summed E-state index contributed by atoms with van der Waals surface area (Å²) in [5, 5.41) is 16.1. The van der Waals surface area contributed by atoms with Crippen molar-refractivity contribution in [3.05, 3.63) is 59.7 Å². The third-order valence-corrected chi connectivity index (χ3v) is 4.28. The van der Waals surface area contributed by atoms with Crippen molar-refractivity contribution in [2.75, 3.05) is 16.3 Å². The number of anilines is 2. The average molecular weight is 390 g/mol. The van der Waals surface area contributed by atoms with Gasteiger partial charge in [0.1, 0.15) is 12.4 Å². The Hall–Kier alpha value is -3.12. The maximum absolute atomic E-state index is 12.7. The fourth-order valence-electron chi connectivity index (χ4n) is 2.84. The van der Waals surface area contributed by atoms with Gasteiger partial charge in [-0.1, -0.05) is 12.1 Å². The summed E-state index contributed by atoms with van der Waals surface area (Å²) in [6.45, 7) is -0.0843. The van der Waals surface area contributed by atoms with Crippen LogP contribution < -0.4 is 34.4 Å². The van der Waals surface area contributed by atoms with Crippen LogP contribution >= 0.6 is 0 Å². The number of nitrogen functional groups attached to an aromatic ring is 1. The van der Waals surface area contributed by atoms with Crippen molar-refractivity contribution < 1.29 is 43.8 Å². The third-order valence-electron chi connectivity index (χ3n) is 4.28. The van der Waals surface area contributed by atoms with Crippen molar-refractivity contribution in [3.63, 3.8) is 0 Å². The Labute approximate surface area is 179 Å². The minimum absolute atomic E-state index is 0. The Bertz CT molecular complexity index is 915. The van der Waals surface area contributed by atoms with E-state index in [4.69, 9.17) is 16.2 Å². The topological polar surface area (TPSA) is 158 Å². The van der Waals surface area contributed by atoms with Crippen molar-refractivity contribution in [2.45, 2.75) is 12.8 Å². The Balaban J connectivity index is 0.00000210. The van der Waals surface area contributed by atoms with Crippen molar-refractivity contribution in [3.8, 4) is 0 Å². The molecule has 146 valence electrons. The van der Waals surface area contributed by atoms with Crippen LogP contribution in [0.3, 0.4) is 0 Å². The number of hydrogen-bond acceptors (Lipinski definition) is 5. The van der Waals surface area contributed by atoms with E-state index in [0.29, 0.717) is 23.4 Å². The van der Waals surface area contributed by atoms with Gasteiger partial charge in [-0.15, -0.1) is 0 Å². The zero-order valence-corrected chi connectivity index (χ0v) is 15.8. The van der Waals surface area contributed by atoms with Gasteiger partial charge in [0.25, 0.3) is 5.91 Å². The minimum atomic E-state index is -0.879. The first kappa shape index (κ1) is 23.9. The first-order chi connectivity index (χ1) is 12.9. The minimum Gasteiger partial charge on any atom is -0.870 e. The van der Waals surface area contributed by atoms with Crippen LogP contribution in [-0.2, 0) is 16.0 Å². The summed E-state index contributed by atoms with van der Waals surface area (Å²) in [4.78, 5) is 38.2. The van der Waals surface area contributed by atoms with Crippen LogP contribution in [0, 0.1) is 5.41 Å². The van der Waals surface area contributed by atoms with Gasteiger partial charge in [0.05, 0.1) is 5.69 Å². The summed E-state index contributed by atoms with van der Waals surface area (Å²) in [6.07, 6.45) is 0.400. The Kier molecular flexibility index (Phi) is 8.15. The van der Waals surface area contributed by atoms with Crippen LogP contribution in [0.2, 0.25) is 0 Å². The smallest absolute Gasteiger partial charge is 0.870 e. The molecule has 0 aliphatic carbocycles. The maximum atomic E-state index is 12.7. The second-order valence-corrected chi connectivity index (χ2v) is 6.12. The molecule has 1 fully saturated rings. The summed E-state index contributed by atoms with van der Waals surface area (Å²) in [6, 6.07) is 12.7. The molecule has 0 saturated carbocycles.